The van der Waals surface area contributed by atoms with E-state index in [-0.39, 0.29) is 42.5 Å². The molecular weight excluding hydrogens is 146 g/mol. The summed E-state index contributed by atoms with van der Waals surface area (Å²) >= 11 is 0.0849. The third kappa shape index (κ3) is 11.2. The van der Waals surface area contributed by atoms with E-state index in [1.807, 2.05) is 0 Å². The van der Waals surface area contributed by atoms with E-state index in [0.29, 0.717) is 0 Å². The molecule has 0 rings (SSSR count). The third-order valence-electron chi connectivity index (χ3n) is 0.238. The molecule has 7 heavy (non-hydrogen) atoms. The summed E-state index contributed by atoms with van der Waals surface area (Å²) in [5, 5.41) is 0. The second-order valence-corrected chi connectivity index (χ2v) is 3.11. The van der Waals surface area contributed by atoms with Crippen LogP contribution in [0.1, 0.15) is 2.85 Å². The van der Waals surface area contributed by atoms with Crippen molar-refractivity contribution in [2.24, 2.45) is 0 Å². The molecule has 7 heteroatoms. The van der Waals surface area contributed by atoms with Crippen molar-refractivity contribution >= 4 is 47.5 Å². The van der Waals surface area contributed by atoms with Crippen LogP contribution in [0.5, 0.6) is 0 Å². The van der Waals surface area contributed by atoms with Crippen LogP contribution in [-0.4, -0.2) is 49.5 Å². The van der Waals surface area contributed by atoms with Crippen molar-refractivity contribution in [3.8, 4) is 0 Å². The first-order valence-corrected chi connectivity index (χ1v) is 3.52. The summed E-state index contributed by atoms with van der Waals surface area (Å²) in [7, 11) is -4.08. The van der Waals surface area contributed by atoms with E-state index in [2.05, 4.69) is 3.58 Å². The van der Waals surface area contributed by atoms with Crippen LogP contribution >= 0.6 is 7.82 Å². The Labute approximate surface area is 68.4 Å². The predicted octanol–water partition coefficient (Wildman–Crippen LogP) is -1.51. The molecule has 0 amide bonds. The molecule has 0 aliphatic rings. The van der Waals surface area contributed by atoms with E-state index >= 15 is 0 Å². The van der Waals surface area contributed by atoms with E-state index in [1.54, 1.807) is 0 Å². The zero-order chi connectivity index (χ0) is 5.21. The van der Waals surface area contributed by atoms with Gasteiger partial charge in [-0.3, -0.25) is 0 Å². The van der Waals surface area contributed by atoms with E-state index in [1.165, 1.54) is 0 Å². The standard InChI is InChI=1S/Al.Mg.H3O4P.4H/c;;1-5(2,3)4;;;;/h;;(H3,1,2,3,4);;;;/q+1;+2;;;;2*-1/p-1. The SMILES string of the molecule is O=P(O)(O)[O][AlH2].[H-].[H-].[Mg+2]. The van der Waals surface area contributed by atoms with Gasteiger partial charge in [0, 0.05) is 0 Å². The molecule has 0 saturated carbocycles. The zero-order valence-electron chi connectivity index (χ0n) is 5.87. The molecule has 0 aromatic heterocycles. The fourth-order valence-electron chi connectivity index (χ4n) is 0. The molecule has 0 radical (unpaired) electrons. The molecule has 0 saturated heterocycles. The normalized spacial score (nSPS) is 10.0. The van der Waals surface area contributed by atoms with Gasteiger partial charge in [0.2, 0.25) is 0 Å². The molecule has 0 aromatic carbocycles. The maximum Gasteiger partial charge on any atom is 2.00 e. The van der Waals surface area contributed by atoms with Crippen molar-refractivity contribution in [3.63, 3.8) is 0 Å². The Morgan fingerprint density at radius 3 is 1.86 bits per heavy atom. The van der Waals surface area contributed by atoms with Crippen molar-refractivity contribution in [2.45, 2.75) is 0 Å². The second kappa shape index (κ2) is 4.30. The van der Waals surface area contributed by atoms with E-state index in [0.717, 1.165) is 0 Å². The summed E-state index contributed by atoms with van der Waals surface area (Å²) in [5.41, 5.74) is 0. The Balaban J connectivity index is -0.0000000417. The van der Waals surface area contributed by atoms with Crippen LogP contribution in [0, 0.1) is 0 Å². The van der Waals surface area contributed by atoms with Gasteiger partial charge in [-0.15, -0.1) is 0 Å². The van der Waals surface area contributed by atoms with Crippen molar-refractivity contribution in [2.75, 3.05) is 0 Å². The molecule has 0 aliphatic carbocycles. The number of hydrogen-bond acceptors (Lipinski definition) is 2. The van der Waals surface area contributed by atoms with Crippen molar-refractivity contribution in [3.05, 3.63) is 0 Å². The molecule has 0 unspecified atom stereocenters. The van der Waals surface area contributed by atoms with Crippen molar-refractivity contribution in [1.29, 1.82) is 0 Å². The van der Waals surface area contributed by atoms with Gasteiger partial charge in [-0.2, -0.15) is 0 Å². The first-order chi connectivity index (χ1) is 2.56. The molecular formula is H6AlMgO4P. The number of rotatable bonds is 1. The van der Waals surface area contributed by atoms with Crippen LogP contribution in [-0.2, 0) is 8.14 Å². The largest absolute Gasteiger partial charge is 2.00 e. The fourth-order valence-corrected chi connectivity index (χ4v) is 0. The van der Waals surface area contributed by atoms with Gasteiger partial charge in [-0.1, -0.05) is 0 Å². The Hall–Kier alpha value is 1.41. The van der Waals surface area contributed by atoms with Crippen LogP contribution in [0.2, 0.25) is 0 Å². The van der Waals surface area contributed by atoms with E-state index < -0.39 is 7.82 Å². The first kappa shape index (κ1) is 11.2. The van der Waals surface area contributed by atoms with Crippen molar-refractivity contribution < 1.29 is 20.8 Å². The van der Waals surface area contributed by atoms with Gasteiger partial charge in [-0.25, -0.2) is 4.57 Å². The maximum absolute atomic E-state index is 9.51. The van der Waals surface area contributed by atoms with Gasteiger partial charge < -0.3 is 16.2 Å². The number of hydrogen-bond donors (Lipinski definition) is 2. The zero-order valence-corrected chi connectivity index (χ0v) is 8.17. The van der Waals surface area contributed by atoms with Crippen LogP contribution in [0.4, 0.5) is 0 Å². The Kier molecular flexibility index (Phi) is 6.91. The minimum absolute atomic E-state index is 0. The van der Waals surface area contributed by atoms with Gasteiger partial charge in [0.05, 0.1) is 0 Å². The van der Waals surface area contributed by atoms with Gasteiger partial charge >= 0.3 is 47.5 Å². The van der Waals surface area contributed by atoms with E-state index in [9.17, 15) is 4.57 Å². The van der Waals surface area contributed by atoms with Gasteiger partial charge in [0.25, 0.3) is 0 Å². The summed E-state index contributed by atoms with van der Waals surface area (Å²) in [4.78, 5) is 15.5. The topological polar surface area (TPSA) is 66.8 Å². The van der Waals surface area contributed by atoms with Crippen LogP contribution in [0.15, 0.2) is 0 Å². The minimum atomic E-state index is -4.08. The molecule has 0 atom stereocenters. The summed E-state index contributed by atoms with van der Waals surface area (Å²) in [6, 6.07) is 0. The molecule has 0 heterocycles. The number of phosphoric acid groups is 1. The monoisotopic (exact) mass is 152 g/mol. The third-order valence-corrected chi connectivity index (χ3v) is 2.14. The molecule has 0 fully saturated rings. The summed E-state index contributed by atoms with van der Waals surface area (Å²) in [6.07, 6.45) is 0. The summed E-state index contributed by atoms with van der Waals surface area (Å²) in [5.74, 6) is 0. The smallest absolute Gasteiger partial charge is 1.00 e. The molecule has 0 bridgehead atoms. The summed E-state index contributed by atoms with van der Waals surface area (Å²) < 4.78 is 13.2. The average Bonchev–Trinajstić information content (AvgIpc) is 1.35. The Bertz CT molecular complexity index is 82.6. The van der Waals surface area contributed by atoms with Crippen LogP contribution in [0.3, 0.4) is 0 Å². The molecule has 4 nitrogen and oxygen atoms in total. The van der Waals surface area contributed by atoms with Gasteiger partial charge in [0.1, 0.15) is 0 Å². The quantitative estimate of drug-likeness (QED) is 0.354. The Morgan fingerprint density at radius 2 is 1.86 bits per heavy atom. The molecule has 0 spiro atoms. The molecule has 0 aromatic rings. The minimum Gasteiger partial charge on any atom is -1.00 e. The predicted molar refractivity (Wildman–Crippen MR) is 29.7 cm³/mol. The average molecular weight is 152 g/mol. The maximum atomic E-state index is 9.51. The fraction of sp³-hybridized carbons (Fsp3) is 0. The van der Waals surface area contributed by atoms with Gasteiger partial charge in [0.15, 0.2) is 0 Å². The first-order valence-electron chi connectivity index (χ1n) is 1.17. The molecule has 2 N–H and O–H groups in total. The molecule has 0 aliphatic heterocycles. The molecule has 40 valence electrons. The second-order valence-electron chi connectivity index (χ2n) is 0.673. The Morgan fingerprint density at radius 1 is 1.71 bits per heavy atom. The van der Waals surface area contributed by atoms with Crippen LogP contribution < -0.4 is 0 Å². The van der Waals surface area contributed by atoms with Crippen LogP contribution in [0.25, 0.3) is 0 Å². The van der Waals surface area contributed by atoms with Crippen molar-refractivity contribution in [1.82, 2.24) is 0 Å². The van der Waals surface area contributed by atoms with E-state index in [4.69, 9.17) is 9.79 Å². The summed E-state index contributed by atoms with van der Waals surface area (Å²) in [6.45, 7) is 0. The van der Waals surface area contributed by atoms with Gasteiger partial charge in [-0.05, 0) is 0 Å².